The molecule has 0 bridgehead atoms. The van der Waals surface area contributed by atoms with Crippen molar-refractivity contribution in [1.82, 2.24) is 0 Å². The smallest absolute Gasteiger partial charge is 0.0639 e. The van der Waals surface area contributed by atoms with E-state index in [9.17, 15) is 9.90 Å². The number of carboxylic acid groups (broad SMARTS) is 1. The number of aliphatic carboxylic acids is 1. The Morgan fingerprint density at radius 2 is 1.77 bits per heavy atom. The summed E-state index contributed by atoms with van der Waals surface area (Å²) >= 11 is 0. The van der Waals surface area contributed by atoms with Gasteiger partial charge in [-0.2, -0.15) is 0 Å². The first-order valence-corrected chi connectivity index (χ1v) is 5.15. The normalized spacial score (nSPS) is 10.8. The van der Waals surface area contributed by atoms with Crippen molar-refractivity contribution < 1.29 is 9.90 Å². The maximum Gasteiger partial charge on any atom is 0.0639 e. The van der Waals surface area contributed by atoms with Gasteiger partial charge >= 0.3 is 0 Å². The number of carbonyl (C=O) groups excluding carboxylic acids is 1. The van der Waals surface area contributed by atoms with Crippen LogP contribution in [0.2, 0.25) is 0 Å². The average molecular weight is 183 g/mol. The first kappa shape index (κ1) is 12.2. The molecular weight excluding hydrogens is 164 g/mol. The molecule has 0 atom stereocenters. The first-order valence-electron chi connectivity index (χ1n) is 5.15. The summed E-state index contributed by atoms with van der Waals surface area (Å²) in [5.41, 5.74) is 0. The Labute approximate surface area is 80.7 Å². The molecular formula is C11H19O2-. The van der Waals surface area contributed by atoms with Gasteiger partial charge in [-0.1, -0.05) is 45.1 Å². The van der Waals surface area contributed by atoms with Crippen LogP contribution in [0.3, 0.4) is 0 Å². The zero-order valence-corrected chi connectivity index (χ0v) is 8.42. The Bertz CT molecular complexity index is 150. The van der Waals surface area contributed by atoms with Crippen molar-refractivity contribution in [2.45, 2.75) is 51.9 Å². The molecule has 0 saturated carbocycles. The molecule has 0 saturated heterocycles. The highest BCUT2D eigenvalue weighted by Crippen LogP contribution is 2.06. The topological polar surface area (TPSA) is 40.1 Å². The Morgan fingerprint density at radius 3 is 2.38 bits per heavy atom. The van der Waals surface area contributed by atoms with Gasteiger partial charge in [-0.15, -0.1) is 0 Å². The quantitative estimate of drug-likeness (QED) is 0.427. The number of allylic oxidation sites excluding steroid dienone is 1. The van der Waals surface area contributed by atoms with Crippen LogP contribution in [0.1, 0.15) is 51.9 Å². The molecule has 0 radical (unpaired) electrons. The van der Waals surface area contributed by atoms with Crippen molar-refractivity contribution in [3.63, 3.8) is 0 Å². The molecule has 13 heavy (non-hydrogen) atoms. The van der Waals surface area contributed by atoms with Gasteiger partial charge in [0.25, 0.3) is 0 Å². The summed E-state index contributed by atoms with van der Waals surface area (Å²) in [5.74, 6) is -1.09. The second kappa shape index (κ2) is 9.30. The van der Waals surface area contributed by atoms with Gasteiger partial charge in [-0.25, -0.2) is 0 Å². The van der Waals surface area contributed by atoms with Crippen LogP contribution in [0.5, 0.6) is 0 Å². The molecule has 2 heteroatoms. The van der Waals surface area contributed by atoms with Crippen molar-refractivity contribution in [3.05, 3.63) is 12.2 Å². The highest BCUT2D eigenvalue weighted by molar-refractivity contribution is 5.77. The Balaban J connectivity index is 3.03. The molecule has 0 aliphatic rings. The van der Waals surface area contributed by atoms with Gasteiger partial charge in [0.2, 0.25) is 0 Å². The molecule has 0 aliphatic heterocycles. The molecule has 0 heterocycles. The summed E-state index contributed by atoms with van der Waals surface area (Å²) in [6.45, 7) is 2.20. The number of rotatable bonds is 8. The fraction of sp³-hybridized carbons (Fsp3) is 0.727. The van der Waals surface area contributed by atoms with E-state index < -0.39 is 5.97 Å². The second-order valence-electron chi connectivity index (χ2n) is 3.28. The highest BCUT2D eigenvalue weighted by Gasteiger charge is 1.87. The Hall–Kier alpha value is -0.790. The van der Waals surface area contributed by atoms with Gasteiger partial charge in [0, 0.05) is 0 Å². The van der Waals surface area contributed by atoms with E-state index in [1.54, 1.807) is 6.08 Å². The van der Waals surface area contributed by atoms with Crippen LogP contribution in [0.15, 0.2) is 12.2 Å². The maximum absolute atomic E-state index is 9.98. The highest BCUT2D eigenvalue weighted by atomic mass is 16.4. The van der Waals surface area contributed by atoms with E-state index in [1.165, 1.54) is 32.1 Å². The van der Waals surface area contributed by atoms with Gasteiger partial charge in [-0.05, 0) is 18.9 Å². The minimum atomic E-state index is -1.09. The van der Waals surface area contributed by atoms with Crippen LogP contribution in [0.25, 0.3) is 0 Å². The SMILES string of the molecule is CCCCCCCCC=CC(=O)[O-]. The predicted molar refractivity (Wildman–Crippen MR) is 52.1 cm³/mol. The fourth-order valence-electron chi connectivity index (χ4n) is 1.22. The lowest BCUT2D eigenvalue weighted by atomic mass is 10.1. The standard InChI is InChI=1S/C11H20O2/c1-2-3-4-5-6-7-8-9-10-11(12)13/h9-10H,2-8H2,1H3,(H,12,13)/p-1. The van der Waals surface area contributed by atoms with E-state index in [0.29, 0.717) is 0 Å². The van der Waals surface area contributed by atoms with Gasteiger partial charge in [0.15, 0.2) is 0 Å². The number of unbranched alkanes of at least 4 members (excludes halogenated alkanes) is 6. The van der Waals surface area contributed by atoms with Gasteiger partial charge in [-0.3, -0.25) is 0 Å². The molecule has 0 aliphatic carbocycles. The van der Waals surface area contributed by atoms with Gasteiger partial charge < -0.3 is 9.90 Å². The average Bonchev–Trinajstić information content (AvgIpc) is 2.09. The number of hydrogen-bond acceptors (Lipinski definition) is 2. The molecule has 0 amide bonds. The third kappa shape index (κ3) is 11.2. The largest absolute Gasteiger partial charge is 0.545 e. The van der Waals surface area contributed by atoms with E-state index >= 15 is 0 Å². The van der Waals surface area contributed by atoms with Crippen molar-refractivity contribution in [3.8, 4) is 0 Å². The van der Waals surface area contributed by atoms with Crippen LogP contribution in [-0.2, 0) is 4.79 Å². The minimum absolute atomic E-state index is 0.861. The molecule has 0 N–H and O–H groups in total. The van der Waals surface area contributed by atoms with E-state index in [0.717, 1.165) is 18.9 Å². The lowest BCUT2D eigenvalue weighted by molar-refractivity contribution is -0.297. The van der Waals surface area contributed by atoms with Crippen molar-refractivity contribution in [2.24, 2.45) is 0 Å². The van der Waals surface area contributed by atoms with Crippen LogP contribution >= 0.6 is 0 Å². The van der Waals surface area contributed by atoms with Crippen LogP contribution in [0.4, 0.5) is 0 Å². The summed E-state index contributed by atoms with van der Waals surface area (Å²) in [6, 6.07) is 0. The third-order valence-electron chi connectivity index (χ3n) is 1.98. The molecule has 2 nitrogen and oxygen atoms in total. The number of carboxylic acids is 1. The van der Waals surface area contributed by atoms with Crippen LogP contribution in [0, 0.1) is 0 Å². The molecule has 0 aromatic rings. The maximum atomic E-state index is 9.98. The molecule has 0 rings (SSSR count). The van der Waals surface area contributed by atoms with Crippen LogP contribution < -0.4 is 5.11 Å². The van der Waals surface area contributed by atoms with E-state index in [1.807, 2.05) is 0 Å². The van der Waals surface area contributed by atoms with Crippen molar-refractivity contribution >= 4 is 5.97 Å². The van der Waals surface area contributed by atoms with Gasteiger partial charge in [0.05, 0.1) is 5.97 Å². The zero-order chi connectivity index (χ0) is 9.94. The molecule has 0 aromatic carbocycles. The fourth-order valence-corrected chi connectivity index (χ4v) is 1.22. The monoisotopic (exact) mass is 183 g/mol. The predicted octanol–water partition coefficient (Wildman–Crippen LogP) is 2.04. The lowest BCUT2D eigenvalue weighted by Crippen LogP contribution is -2.18. The molecule has 0 unspecified atom stereocenters. The van der Waals surface area contributed by atoms with E-state index in [-0.39, 0.29) is 0 Å². The summed E-state index contributed by atoms with van der Waals surface area (Å²) in [5, 5.41) is 9.98. The lowest BCUT2D eigenvalue weighted by Gasteiger charge is -1.97. The second-order valence-corrected chi connectivity index (χ2v) is 3.28. The summed E-state index contributed by atoms with van der Waals surface area (Å²) in [7, 11) is 0. The van der Waals surface area contributed by atoms with Crippen molar-refractivity contribution in [2.75, 3.05) is 0 Å². The molecule has 0 aromatic heterocycles. The number of hydrogen-bond donors (Lipinski definition) is 0. The van der Waals surface area contributed by atoms with Gasteiger partial charge in [0.1, 0.15) is 0 Å². The van der Waals surface area contributed by atoms with Crippen LogP contribution in [-0.4, -0.2) is 5.97 Å². The van der Waals surface area contributed by atoms with E-state index in [2.05, 4.69) is 6.92 Å². The minimum Gasteiger partial charge on any atom is -0.545 e. The van der Waals surface area contributed by atoms with E-state index in [4.69, 9.17) is 0 Å². The number of carbonyl (C=O) groups is 1. The summed E-state index contributed by atoms with van der Waals surface area (Å²) < 4.78 is 0. The molecule has 0 fully saturated rings. The summed E-state index contributed by atoms with van der Waals surface area (Å²) in [4.78, 5) is 9.98. The summed E-state index contributed by atoms with van der Waals surface area (Å²) in [6.07, 6.45) is 11.1. The zero-order valence-electron chi connectivity index (χ0n) is 8.42. The third-order valence-corrected chi connectivity index (χ3v) is 1.98. The first-order chi connectivity index (χ1) is 6.27. The Kier molecular flexibility index (Phi) is 8.73. The molecule has 76 valence electrons. The Morgan fingerprint density at radius 1 is 1.15 bits per heavy atom. The molecule has 0 spiro atoms. The van der Waals surface area contributed by atoms with Crippen molar-refractivity contribution in [1.29, 1.82) is 0 Å².